The third-order valence-corrected chi connectivity index (χ3v) is 4.77. The largest absolute Gasteiger partial charge is 0.573 e. The summed E-state index contributed by atoms with van der Waals surface area (Å²) in [5, 5.41) is 11.5. The zero-order valence-corrected chi connectivity index (χ0v) is 17.8. The van der Waals surface area contributed by atoms with Gasteiger partial charge in [0, 0.05) is 11.5 Å². The first-order valence-corrected chi connectivity index (χ1v) is 9.95. The van der Waals surface area contributed by atoms with Crippen LogP contribution in [0.25, 0.3) is 10.8 Å². The molecule has 3 rings (SSSR count). The Bertz CT molecular complexity index is 1150. The van der Waals surface area contributed by atoms with Crippen molar-refractivity contribution in [3.05, 3.63) is 77.9 Å². The molecule has 0 amide bonds. The molecule has 3 aromatic rings. The number of alkyl halides is 3. The summed E-state index contributed by atoms with van der Waals surface area (Å²) in [6.07, 6.45) is -4.94. The Balaban J connectivity index is 2.26. The number of rotatable bonds is 5. The Labute approximate surface area is 184 Å². The molecule has 0 aromatic heterocycles. The first kappa shape index (κ1) is 23.1. The lowest BCUT2D eigenvalue weighted by Crippen LogP contribution is -2.32. The molecule has 7 heteroatoms. The maximum Gasteiger partial charge on any atom is 0.573 e. The van der Waals surface area contributed by atoms with Gasteiger partial charge in [-0.3, -0.25) is 4.79 Å². The Morgan fingerprint density at radius 2 is 1.50 bits per heavy atom. The van der Waals surface area contributed by atoms with E-state index in [0.717, 1.165) is 5.39 Å². The minimum atomic E-state index is -4.94. The van der Waals surface area contributed by atoms with Gasteiger partial charge in [-0.2, -0.15) is 5.26 Å². The predicted octanol–water partition coefficient (Wildman–Crippen LogP) is 6.35. The standard InChI is InChI=1S/C25H22F3NO3/c1-24(2,3)32-23(30)20(15-29)22(18-13-8-10-16-9-4-5-11-17(16)18)19-12-6-7-14-21(19)31-25(26,27)28/h4-14,20,22H,1-3H3. The molecular formula is C25H22F3NO3. The van der Waals surface area contributed by atoms with Gasteiger partial charge in [-0.15, -0.1) is 13.2 Å². The van der Waals surface area contributed by atoms with E-state index < -0.39 is 35.5 Å². The highest BCUT2D eigenvalue weighted by Crippen LogP contribution is 2.42. The number of hydrogen-bond donors (Lipinski definition) is 0. The second-order valence-electron chi connectivity index (χ2n) is 8.27. The lowest BCUT2D eigenvalue weighted by atomic mass is 9.79. The summed E-state index contributed by atoms with van der Waals surface area (Å²) >= 11 is 0. The number of carbonyl (C=O) groups is 1. The van der Waals surface area contributed by atoms with E-state index in [-0.39, 0.29) is 5.56 Å². The number of hydrogen-bond acceptors (Lipinski definition) is 4. The first-order valence-electron chi connectivity index (χ1n) is 9.95. The van der Waals surface area contributed by atoms with Gasteiger partial charge in [0.15, 0.2) is 5.92 Å². The average molecular weight is 441 g/mol. The molecule has 0 aliphatic carbocycles. The van der Waals surface area contributed by atoms with Crippen LogP contribution in [0.3, 0.4) is 0 Å². The maximum atomic E-state index is 13.1. The van der Waals surface area contributed by atoms with Crippen LogP contribution in [0, 0.1) is 17.2 Å². The van der Waals surface area contributed by atoms with Gasteiger partial charge in [0.2, 0.25) is 0 Å². The number of ether oxygens (including phenoxy) is 2. The van der Waals surface area contributed by atoms with Gasteiger partial charge < -0.3 is 9.47 Å². The van der Waals surface area contributed by atoms with E-state index in [9.17, 15) is 23.2 Å². The van der Waals surface area contributed by atoms with Gasteiger partial charge in [-0.25, -0.2) is 0 Å². The third-order valence-electron chi connectivity index (χ3n) is 4.77. The highest BCUT2D eigenvalue weighted by atomic mass is 19.4. The molecule has 0 saturated heterocycles. The predicted molar refractivity (Wildman–Crippen MR) is 114 cm³/mol. The quantitative estimate of drug-likeness (QED) is 0.433. The second-order valence-corrected chi connectivity index (χ2v) is 8.27. The topological polar surface area (TPSA) is 59.3 Å². The summed E-state index contributed by atoms with van der Waals surface area (Å²) in [4.78, 5) is 13.0. The summed E-state index contributed by atoms with van der Waals surface area (Å²) in [6, 6.07) is 20.1. The molecule has 0 radical (unpaired) electrons. The highest BCUT2D eigenvalue weighted by Gasteiger charge is 2.39. The summed E-state index contributed by atoms with van der Waals surface area (Å²) in [6.45, 7) is 4.98. The number of nitriles is 1. The monoisotopic (exact) mass is 441 g/mol. The van der Waals surface area contributed by atoms with Gasteiger partial charge in [0.1, 0.15) is 11.4 Å². The Morgan fingerprint density at radius 3 is 2.16 bits per heavy atom. The molecule has 0 fully saturated rings. The molecular weight excluding hydrogens is 419 g/mol. The molecule has 0 heterocycles. The van der Waals surface area contributed by atoms with Crippen molar-refractivity contribution in [1.82, 2.24) is 0 Å². The molecule has 0 aliphatic rings. The van der Waals surface area contributed by atoms with Crippen molar-refractivity contribution in [2.45, 2.75) is 38.7 Å². The van der Waals surface area contributed by atoms with Crippen molar-refractivity contribution in [3.63, 3.8) is 0 Å². The summed E-state index contributed by atoms with van der Waals surface area (Å²) in [5.41, 5.74) is -0.283. The van der Waals surface area contributed by atoms with Gasteiger partial charge in [-0.1, -0.05) is 60.7 Å². The van der Waals surface area contributed by atoms with E-state index >= 15 is 0 Å². The number of halogens is 3. The second kappa shape index (κ2) is 8.91. The number of esters is 1. The van der Waals surface area contributed by atoms with Crippen molar-refractivity contribution >= 4 is 16.7 Å². The fourth-order valence-electron chi connectivity index (χ4n) is 3.63. The zero-order chi connectivity index (χ0) is 23.5. The Hall–Kier alpha value is -3.53. The van der Waals surface area contributed by atoms with Crippen molar-refractivity contribution in [1.29, 1.82) is 5.26 Å². The van der Waals surface area contributed by atoms with Crippen LogP contribution in [0.15, 0.2) is 66.7 Å². The van der Waals surface area contributed by atoms with Crippen molar-refractivity contribution in [2.75, 3.05) is 0 Å². The van der Waals surface area contributed by atoms with Crippen LogP contribution in [-0.4, -0.2) is 17.9 Å². The minimum Gasteiger partial charge on any atom is -0.459 e. The fourth-order valence-corrected chi connectivity index (χ4v) is 3.63. The smallest absolute Gasteiger partial charge is 0.459 e. The van der Waals surface area contributed by atoms with Gasteiger partial charge in [0.25, 0.3) is 0 Å². The van der Waals surface area contributed by atoms with Crippen LogP contribution in [0.1, 0.15) is 37.8 Å². The number of fused-ring (bicyclic) bond motifs is 1. The van der Waals surface area contributed by atoms with Crippen molar-refractivity contribution < 1.29 is 27.4 Å². The summed E-state index contributed by atoms with van der Waals surface area (Å²) in [7, 11) is 0. The van der Waals surface area contributed by atoms with E-state index in [0.29, 0.717) is 10.9 Å². The van der Waals surface area contributed by atoms with Crippen LogP contribution >= 0.6 is 0 Å². The molecule has 0 aliphatic heterocycles. The van der Waals surface area contributed by atoms with E-state index in [2.05, 4.69) is 4.74 Å². The summed E-state index contributed by atoms with van der Waals surface area (Å²) in [5.74, 6) is -3.75. The van der Waals surface area contributed by atoms with Crippen LogP contribution < -0.4 is 4.74 Å². The molecule has 0 N–H and O–H groups in total. The molecule has 166 valence electrons. The van der Waals surface area contributed by atoms with Crippen LogP contribution in [-0.2, 0) is 9.53 Å². The fraction of sp³-hybridized carbons (Fsp3) is 0.280. The first-order chi connectivity index (χ1) is 15.0. The van der Waals surface area contributed by atoms with Gasteiger partial charge in [-0.05, 0) is 43.2 Å². The molecule has 2 atom stereocenters. The van der Waals surface area contributed by atoms with E-state index in [1.165, 1.54) is 18.2 Å². The summed E-state index contributed by atoms with van der Waals surface area (Å²) < 4.78 is 49.1. The Kier molecular flexibility index (Phi) is 6.45. The maximum absolute atomic E-state index is 13.1. The lowest BCUT2D eigenvalue weighted by Gasteiger charge is -2.28. The SMILES string of the molecule is CC(C)(C)OC(=O)C(C#N)C(c1ccccc1OC(F)(F)F)c1cccc2ccccc12. The lowest BCUT2D eigenvalue weighted by molar-refractivity contribution is -0.274. The highest BCUT2D eigenvalue weighted by molar-refractivity contribution is 5.88. The molecule has 0 bridgehead atoms. The normalized spacial score (nSPS) is 13.8. The van der Waals surface area contributed by atoms with E-state index in [4.69, 9.17) is 4.74 Å². The number of benzene rings is 3. The van der Waals surface area contributed by atoms with Crippen LogP contribution in [0.4, 0.5) is 13.2 Å². The molecule has 2 unspecified atom stereocenters. The van der Waals surface area contributed by atoms with Crippen LogP contribution in [0.5, 0.6) is 5.75 Å². The van der Waals surface area contributed by atoms with Gasteiger partial charge >= 0.3 is 12.3 Å². The molecule has 32 heavy (non-hydrogen) atoms. The molecule has 0 spiro atoms. The zero-order valence-electron chi connectivity index (χ0n) is 17.8. The number of para-hydroxylation sites is 1. The van der Waals surface area contributed by atoms with Gasteiger partial charge in [0.05, 0.1) is 6.07 Å². The minimum absolute atomic E-state index is 0.0681. The Morgan fingerprint density at radius 1 is 0.906 bits per heavy atom. The number of nitrogens with zero attached hydrogens (tertiary/aromatic N) is 1. The van der Waals surface area contributed by atoms with Crippen LogP contribution in [0.2, 0.25) is 0 Å². The molecule has 3 aromatic carbocycles. The van der Waals surface area contributed by atoms with E-state index in [1.54, 1.807) is 51.1 Å². The van der Waals surface area contributed by atoms with Crippen molar-refractivity contribution in [2.24, 2.45) is 5.92 Å². The third kappa shape index (κ3) is 5.38. The molecule has 4 nitrogen and oxygen atoms in total. The average Bonchev–Trinajstić information content (AvgIpc) is 2.70. The van der Waals surface area contributed by atoms with Crippen molar-refractivity contribution in [3.8, 4) is 11.8 Å². The van der Waals surface area contributed by atoms with E-state index in [1.807, 2.05) is 24.3 Å². The number of carbonyl (C=O) groups excluding carboxylic acids is 1. The molecule has 0 saturated carbocycles.